The fourth-order valence-corrected chi connectivity index (χ4v) is 3.22. The van der Waals surface area contributed by atoms with E-state index in [-0.39, 0.29) is 18.3 Å². The minimum atomic E-state index is -0.294. The molecule has 5 atom stereocenters. The Morgan fingerprint density at radius 1 is 1.24 bits per heavy atom. The van der Waals surface area contributed by atoms with Crippen LogP contribution in [0.5, 0.6) is 0 Å². The van der Waals surface area contributed by atoms with Crippen LogP contribution >= 0.6 is 0 Å². The molecule has 3 nitrogen and oxygen atoms in total. The largest absolute Gasteiger partial charge is 0.390 e. The number of ether oxygens (including phenoxy) is 2. The Hall–Kier alpha value is -0.120. The molecule has 2 rings (SSSR count). The highest BCUT2D eigenvalue weighted by atomic mass is 16.5. The predicted molar refractivity (Wildman–Crippen MR) is 66.9 cm³/mol. The molecule has 1 heterocycles. The summed E-state index contributed by atoms with van der Waals surface area (Å²) >= 11 is 0. The van der Waals surface area contributed by atoms with Gasteiger partial charge in [-0.15, -0.1) is 0 Å². The quantitative estimate of drug-likeness (QED) is 0.825. The molecule has 1 aliphatic heterocycles. The van der Waals surface area contributed by atoms with Crippen molar-refractivity contribution in [1.29, 1.82) is 0 Å². The van der Waals surface area contributed by atoms with E-state index in [4.69, 9.17) is 9.47 Å². The van der Waals surface area contributed by atoms with Gasteiger partial charge < -0.3 is 14.6 Å². The summed E-state index contributed by atoms with van der Waals surface area (Å²) < 4.78 is 11.6. The Bertz CT molecular complexity index is 214. The Morgan fingerprint density at radius 2 is 2.06 bits per heavy atom. The van der Waals surface area contributed by atoms with Gasteiger partial charge >= 0.3 is 0 Å². The standard InChI is InChI=1S/C14H26O3/c1-10-7-11(2)14(13(15)8-10)17-9-12-5-3-4-6-16-12/h10-15H,3-9H2,1-2H3. The minimum Gasteiger partial charge on any atom is -0.390 e. The van der Waals surface area contributed by atoms with Crippen molar-refractivity contribution < 1.29 is 14.6 Å². The van der Waals surface area contributed by atoms with Crippen LogP contribution in [-0.2, 0) is 9.47 Å². The summed E-state index contributed by atoms with van der Waals surface area (Å²) in [6, 6.07) is 0. The first-order valence-electron chi connectivity index (χ1n) is 7.08. The van der Waals surface area contributed by atoms with Crippen molar-refractivity contribution in [1.82, 2.24) is 0 Å². The molecule has 5 unspecified atom stereocenters. The summed E-state index contributed by atoms with van der Waals surface area (Å²) in [6.07, 6.45) is 5.53. The van der Waals surface area contributed by atoms with Crippen molar-refractivity contribution in [3.05, 3.63) is 0 Å². The van der Waals surface area contributed by atoms with Gasteiger partial charge in [-0.3, -0.25) is 0 Å². The summed E-state index contributed by atoms with van der Waals surface area (Å²) in [6.45, 7) is 5.92. The lowest BCUT2D eigenvalue weighted by Crippen LogP contribution is -2.42. The second kappa shape index (κ2) is 6.17. The first-order valence-corrected chi connectivity index (χ1v) is 7.08. The van der Waals surface area contributed by atoms with E-state index in [9.17, 15) is 5.11 Å². The maximum absolute atomic E-state index is 10.1. The summed E-state index contributed by atoms with van der Waals surface area (Å²) in [7, 11) is 0. The lowest BCUT2D eigenvalue weighted by Gasteiger charge is -2.37. The fourth-order valence-electron chi connectivity index (χ4n) is 3.22. The first-order chi connectivity index (χ1) is 8.16. The molecule has 1 aliphatic carbocycles. The van der Waals surface area contributed by atoms with Crippen molar-refractivity contribution in [2.45, 2.75) is 64.3 Å². The van der Waals surface area contributed by atoms with E-state index < -0.39 is 0 Å². The first kappa shape index (κ1) is 13.3. The van der Waals surface area contributed by atoms with Crippen LogP contribution in [-0.4, -0.2) is 36.6 Å². The zero-order valence-electron chi connectivity index (χ0n) is 11.1. The molecule has 2 aliphatic rings. The van der Waals surface area contributed by atoms with Crippen LogP contribution in [0.4, 0.5) is 0 Å². The Balaban J connectivity index is 1.76. The Morgan fingerprint density at radius 3 is 2.71 bits per heavy atom. The molecule has 2 fully saturated rings. The lowest BCUT2D eigenvalue weighted by atomic mass is 9.79. The van der Waals surface area contributed by atoms with Crippen LogP contribution in [0.2, 0.25) is 0 Å². The van der Waals surface area contributed by atoms with E-state index in [1.807, 2.05) is 0 Å². The van der Waals surface area contributed by atoms with Gasteiger partial charge in [-0.25, -0.2) is 0 Å². The number of aliphatic hydroxyl groups excluding tert-OH is 1. The van der Waals surface area contributed by atoms with E-state index in [1.165, 1.54) is 12.8 Å². The van der Waals surface area contributed by atoms with Gasteiger partial charge in [0.1, 0.15) is 0 Å². The lowest BCUT2D eigenvalue weighted by molar-refractivity contribution is -0.128. The molecular weight excluding hydrogens is 216 g/mol. The summed E-state index contributed by atoms with van der Waals surface area (Å²) in [5.41, 5.74) is 0. The van der Waals surface area contributed by atoms with E-state index in [2.05, 4.69) is 13.8 Å². The molecule has 0 aromatic rings. The third-order valence-corrected chi connectivity index (χ3v) is 4.11. The Labute approximate surface area is 104 Å². The molecule has 1 saturated carbocycles. The Kier molecular flexibility index (Phi) is 4.83. The summed E-state index contributed by atoms with van der Waals surface area (Å²) in [5.74, 6) is 1.07. The van der Waals surface area contributed by atoms with Crippen LogP contribution in [0.25, 0.3) is 0 Å². The van der Waals surface area contributed by atoms with Gasteiger partial charge in [-0.05, 0) is 43.9 Å². The molecule has 1 N–H and O–H groups in total. The molecular formula is C14H26O3. The molecule has 100 valence electrons. The van der Waals surface area contributed by atoms with Gasteiger partial charge in [-0.2, -0.15) is 0 Å². The SMILES string of the molecule is CC1CC(C)C(OCC2CCCCO2)C(O)C1. The molecule has 17 heavy (non-hydrogen) atoms. The van der Waals surface area contributed by atoms with Crippen molar-refractivity contribution in [2.75, 3.05) is 13.2 Å². The minimum absolute atomic E-state index is 0.0109. The zero-order valence-corrected chi connectivity index (χ0v) is 11.1. The van der Waals surface area contributed by atoms with Crippen LogP contribution in [0.3, 0.4) is 0 Å². The van der Waals surface area contributed by atoms with Gasteiger partial charge in [0.25, 0.3) is 0 Å². The average molecular weight is 242 g/mol. The highest BCUT2D eigenvalue weighted by molar-refractivity contribution is 4.84. The van der Waals surface area contributed by atoms with E-state index >= 15 is 0 Å². The van der Waals surface area contributed by atoms with Crippen LogP contribution in [0, 0.1) is 11.8 Å². The monoisotopic (exact) mass is 242 g/mol. The summed E-state index contributed by atoms with van der Waals surface area (Å²) in [5, 5.41) is 10.1. The van der Waals surface area contributed by atoms with Crippen LogP contribution in [0.15, 0.2) is 0 Å². The highest BCUT2D eigenvalue weighted by Gasteiger charge is 2.34. The maximum Gasteiger partial charge on any atom is 0.0860 e. The third-order valence-electron chi connectivity index (χ3n) is 4.11. The third kappa shape index (κ3) is 3.67. The molecule has 0 radical (unpaired) electrons. The molecule has 0 aromatic carbocycles. The van der Waals surface area contributed by atoms with E-state index in [0.717, 1.165) is 25.9 Å². The van der Waals surface area contributed by atoms with Crippen molar-refractivity contribution in [2.24, 2.45) is 11.8 Å². The zero-order chi connectivity index (χ0) is 12.3. The van der Waals surface area contributed by atoms with Gasteiger partial charge in [-0.1, -0.05) is 13.8 Å². The molecule has 0 aromatic heterocycles. The number of aliphatic hydroxyl groups is 1. The topological polar surface area (TPSA) is 38.7 Å². The van der Waals surface area contributed by atoms with Crippen LogP contribution in [0.1, 0.15) is 46.0 Å². The second-order valence-corrected chi connectivity index (χ2v) is 5.91. The van der Waals surface area contributed by atoms with Crippen molar-refractivity contribution in [3.8, 4) is 0 Å². The average Bonchev–Trinajstić information content (AvgIpc) is 2.29. The highest BCUT2D eigenvalue weighted by Crippen LogP contribution is 2.31. The van der Waals surface area contributed by atoms with Crippen molar-refractivity contribution >= 4 is 0 Å². The van der Waals surface area contributed by atoms with Gasteiger partial charge in [0, 0.05) is 6.61 Å². The molecule has 1 saturated heterocycles. The smallest absolute Gasteiger partial charge is 0.0860 e. The van der Waals surface area contributed by atoms with Crippen molar-refractivity contribution in [3.63, 3.8) is 0 Å². The fraction of sp³-hybridized carbons (Fsp3) is 1.00. The molecule has 0 spiro atoms. The van der Waals surface area contributed by atoms with Gasteiger partial charge in [0.05, 0.1) is 24.9 Å². The number of hydrogen-bond acceptors (Lipinski definition) is 3. The maximum atomic E-state index is 10.1. The number of hydrogen-bond donors (Lipinski definition) is 1. The van der Waals surface area contributed by atoms with Crippen LogP contribution < -0.4 is 0 Å². The number of rotatable bonds is 3. The second-order valence-electron chi connectivity index (χ2n) is 5.91. The van der Waals surface area contributed by atoms with Gasteiger partial charge in [0.15, 0.2) is 0 Å². The molecule has 3 heteroatoms. The van der Waals surface area contributed by atoms with E-state index in [0.29, 0.717) is 18.4 Å². The molecule has 0 amide bonds. The van der Waals surface area contributed by atoms with Gasteiger partial charge in [0.2, 0.25) is 0 Å². The summed E-state index contributed by atoms with van der Waals surface area (Å²) in [4.78, 5) is 0. The van der Waals surface area contributed by atoms with E-state index in [1.54, 1.807) is 0 Å². The predicted octanol–water partition coefficient (Wildman–Crippen LogP) is 2.37. The normalized spacial score (nSPS) is 43.6. The molecule has 0 bridgehead atoms.